The van der Waals surface area contributed by atoms with Crippen LogP contribution in [0.2, 0.25) is 0 Å². The van der Waals surface area contributed by atoms with Crippen molar-refractivity contribution in [1.29, 1.82) is 0 Å². The van der Waals surface area contributed by atoms with Crippen molar-refractivity contribution in [2.75, 3.05) is 12.3 Å². The monoisotopic (exact) mass is 426 g/mol. The number of aryl methyl sites for hydroxylation is 3. The lowest BCUT2D eigenvalue weighted by atomic mass is 10.1. The SMILES string of the molecule is CCCNC(=O)[C@@H](C)N(Cc1ccc(C)cc1)C(=O)CSCc1cc(C)cc(C)c1. The topological polar surface area (TPSA) is 49.4 Å². The molecule has 0 radical (unpaired) electrons. The van der Waals surface area contributed by atoms with E-state index in [4.69, 9.17) is 0 Å². The number of carbonyl (C=O) groups is 2. The molecule has 0 saturated carbocycles. The maximum absolute atomic E-state index is 13.1. The lowest BCUT2D eigenvalue weighted by Gasteiger charge is -2.29. The van der Waals surface area contributed by atoms with Crippen LogP contribution >= 0.6 is 11.8 Å². The molecule has 0 spiro atoms. The van der Waals surface area contributed by atoms with E-state index in [1.807, 2.05) is 45.0 Å². The van der Waals surface area contributed by atoms with E-state index < -0.39 is 6.04 Å². The minimum atomic E-state index is -0.507. The van der Waals surface area contributed by atoms with Gasteiger partial charge in [-0.25, -0.2) is 0 Å². The van der Waals surface area contributed by atoms with Crippen molar-refractivity contribution in [2.24, 2.45) is 0 Å². The molecule has 0 fully saturated rings. The molecule has 2 aromatic carbocycles. The van der Waals surface area contributed by atoms with Crippen LogP contribution in [0.1, 0.15) is 48.1 Å². The zero-order valence-electron chi connectivity index (χ0n) is 18.8. The second-order valence-electron chi connectivity index (χ2n) is 7.96. The Kier molecular flexibility index (Phi) is 9.44. The first-order valence-electron chi connectivity index (χ1n) is 10.6. The van der Waals surface area contributed by atoms with Gasteiger partial charge >= 0.3 is 0 Å². The highest BCUT2D eigenvalue weighted by molar-refractivity contribution is 7.99. The fraction of sp³-hybridized carbons (Fsp3) is 0.440. The molecule has 1 atom stereocenters. The molecule has 2 aromatic rings. The molecule has 0 bridgehead atoms. The smallest absolute Gasteiger partial charge is 0.242 e. The average molecular weight is 427 g/mol. The summed E-state index contributed by atoms with van der Waals surface area (Å²) in [5.41, 5.74) is 5.90. The van der Waals surface area contributed by atoms with Crippen molar-refractivity contribution in [2.45, 2.75) is 59.4 Å². The van der Waals surface area contributed by atoms with Crippen LogP contribution in [-0.2, 0) is 21.9 Å². The van der Waals surface area contributed by atoms with Crippen LogP contribution in [0.15, 0.2) is 42.5 Å². The number of carbonyl (C=O) groups excluding carboxylic acids is 2. The second-order valence-corrected chi connectivity index (χ2v) is 8.95. The van der Waals surface area contributed by atoms with Crippen LogP contribution in [0.25, 0.3) is 0 Å². The number of thioether (sulfide) groups is 1. The molecule has 30 heavy (non-hydrogen) atoms. The quantitative estimate of drug-likeness (QED) is 0.594. The highest BCUT2D eigenvalue weighted by Crippen LogP contribution is 2.18. The highest BCUT2D eigenvalue weighted by Gasteiger charge is 2.25. The lowest BCUT2D eigenvalue weighted by Crippen LogP contribution is -2.48. The first-order chi connectivity index (χ1) is 14.3. The van der Waals surface area contributed by atoms with Gasteiger partial charge in [0.05, 0.1) is 5.75 Å². The first kappa shape index (κ1) is 24.0. The van der Waals surface area contributed by atoms with Crippen LogP contribution < -0.4 is 5.32 Å². The van der Waals surface area contributed by atoms with Gasteiger partial charge in [-0.15, -0.1) is 11.8 Å². The molecule has 0 aliphatic carbocycles. The maximum atomic E-state index is 13.1. The second kappa shape index (κ2) is 11.8. The van der Waals surface area contributed by atoms with Crippen LogP contribution in [0.4, 0.5) is 0 Å². The fourth-order valence-corrected chi connectivity index (χ4v) is 4.21. The fourth-order valence-electron chi connectivity index (χ4n) is 3.36. The number of rotatable bonds is 10. The van der Waals surface area contributed by atoms with Crippen molar-refractivity contribution in [3.8, 4) is 0 Å². The lowest BCUT2D eigenvalue weighted by molar-refractivity contribution is -0.138. The zero-order chi connectivity index (χ0) is 22.1. The Morgan fingerprint density at radius 3 is 2.20 bits per heavy atom. The standard InChI is InChI=1S/C25H34N2O2S/c1-6-11-26-25(29)21(5)27(15-22-9-7-18(2)8-10-22)24(28)17-30-16-23-13-19(3)12-20(4)14-23/h7-10,12-14,21H,6,11,15-17H2,1-5H3,(H,26,29)/t21-/m1/s1. The van der Waals surface area contributed by atoms with E-state index in [0.717, 1.165) is 17.7 Å². The van der Waals surface area contributed by atoms with E-state index in [1.54, 1.807) is 16.7 Å². The largest absolute Gasteiger partial charge is 0.354 e. The van der Waals surface area contributed by atoms with Gasteiger partial charge in [0, 0.05) is 18.8 Å². The van der Waals surface area contributed by atoms with E-state index in [1.165, 1.54) is 22.3 Å². The summed E-state index contributed by atoms with van der Waals surface area (Å²) in [7, 11) is 0. The van der Waals surface area contributed by atoms with Crippen molar-refractivity contribution >= 4 is 23.6 Å². The molecule has 0 aliphatic heterocycles. The summed E-state index contributed by atoms with van der Waals surface area (Å²) >= 11 is 1.60. The first-order valence-corrected chi connectivity index (χ1v) is 11.7. The van der Waals surface area contributed by atoms with E-state index >= 15 is 0 Å². The predicted molar refractivity (Wildman–Crippen MR) is 127 cm³/mol. The molecule has 0 aliphatic rings. The minimum Gasteiger partial charge on any atom is -0.354 e. The number of nitrogens with zero attached hydrogens (tertiary/aromatic N) is 1. The van der Waals surface area contributed by atoms with Gasteiger partial charge < -0.3 is 10.2 Å². The molecular weight excluding hydrogens is 392 g/mol. The molecule has 2 amide bonds. The molecule has 0 unspecified atom stereocenters. The molecule has 0 saturated heterocycles. The van der Waals surface area contributed by atoms with Crippen molar-refractivity contribution in [1.82, 2.24) is 10.2 Å². The van der Waals surface area contributed by atoms with Gasteiger partial charge in [0.25, 0.3) is 0 Å². The summed E-state index contributed by atoms with van der Waals surface area (Å²) < 4.78 is 0. The van der Waals surface area contributed by atoms with Crippen molar-refractivity contribution in [3.05, 3.63) is 70.3 Å². The molecule has 1 N–H and O–H groups in total. The minimum absolute atomic E-state index is 0.0101. The van der Waals surface area contributed by atoms with E-state index in [-0.39, 0.29) is 11.8 Å². The Morgan fingerprint density at radius 2 is 1.60 bits per heavy atom. The Hall–Kier alpha value is -2.27. The number of nitrogens with one attached hydrogen (secondary N) is 1. The molecule has 162 valence electrons. The molecule has 4 nitrogen and oxygen atoms in total. The maximum Gasteiger partial charge on any atom is 0.242 e. The van der Waals surface area contributed by atoms with Gasteiger partial charge in [-0.2, -0.15) is 0 Å². The Morgan fingerprint density at radius 1 is 0.967 bits per heavy atom. The molecule has 0 heterocycles. The van der Waals surface area contributed by atoms with Crippen molar-refractivity contribution in [3.63, 3.8) is 0 Å². The summed E-state index contributed by atoms with van der Waals surface area (Å²) in [5, 5.41) is 2.92. The van der Waals surface area contributed by atoms with Gasteiger partial charge in [-0.3, -0.25) is 9.59 Å². The highest BCUT2D eigenvalue weighted by atomic mass is 32.2. The van der Waals surface area contributed by atoms with Gasteiger partial charge in [0.15, 0.2) is 0 Å². The van der Waals surface area contributed by atoms with Crippen LogP contribution in [-0.4, -0.2) is 35.1 Å². The Balaban J connectivity index is 2.06. The zero-order valence-corrected chi connectivity index (χ0v) is 19.6. The summed E-state index contributed by atoms with van der Waals surface area (Å²) in [4.78, 5) is 27.3. The third kappa shape index (κ3) is 7.52. The van der Waals surface area contributed by atoms with E-state index in [2.05, 4.69) is 37.4 Å². The predicted octanol–water partition coefficient (Wildman–Crippen LogP) is 4.79. The van der Waals surface area contributed by atoms with Crippen LogP contribution in [0.3, 0.4) is 0 Å². The molecule has 0 aromatic heterocycles. The average Bonchev–Trinajstić information content (AvgIpc) is 2.70. The summed E-state index contributed by atoms with van der Waals surface area (Å²) in [5.74, 6) is 1.02. The van der Waals surface area contributed by atoms with Crippen molar-refractivity contribution < 1.29 is 9.59 Å². The van der Waals surface area contributed by atoms with Crippen LogP contribution in [0.5, 0.6) is 0 Å². The van der Waals surface area contributed by atoms with Gasteiger partial charge in [0.2, 0.25) is 11.8 Å². The molecule has 2 rings (SSSR count). The van der Waals surface area contributed by atoms with Gasteiger partial charge in [0.1, 0.15) is 6.04 Å². The summed E-state index contributed by atoms with van der Waals surface area (Å²) in [6.45, 7) is 11.1. The van der Waals surface area contributed by atoms with E-state index in [9.17, 15) is 9.59 Å². The third-order valence-corrected chi connectivity index (χ3v) is 5.95. The summed E-state index contributed by atoms with van der Waals surface area (Å²) in [6.07, 6.45) is 0.871. The molecule has 5 heteroatoms. The normalized spacial score (nSPS) is 11.8. The number of benzene rings is 2. The number of hydrogen-bond acceptors (Lipinski definition) is 3. The number of hydrogen-bond donors (Lipinski definition) is 1. The summed E-state index contributed by atoms with van der Waals surface area (Å²) in [6, 6.07) is 14.1. The molecular formula is C25H34N2O2S. The number of amides is 2. The third-order valence-electron chi connectivity index (χ3n) is 4.97. The Labute approximate surface area is 185 Å². The van der Waals surface area contributed by atoms with E-state index in [0.29, 0.717) is 18.8 Å². The van der Waals surface area contributed by atoms with Gasteiger partial charge in [-0.05, 0) is 45.2 Å². The Bertz CT molecular complexity index is 828. The van der Waals surface area contributed by atoms with Crippen LogP contribution in [0, 0.1) is 20.8 Å². The van der Waals surface area contributed by atoms with Gasteiger partial charge in [-0.1, -0.05) is 66.1 Å².